The Morgan fingerprint density at radius 2 is 2.00 bits per heavy atom. The van der Waals surface area contributed by atoms with Crippen LogP contribution in [-0.2, 0) is 9.53 Å². The van der Waals surface area contributed by atoms with Gasteiger partial charge in [0.2, 0.25) is 6.41 Å². The Kier molecular flexibility index (Phi) is 4.93. The fourth-order valence-corrected chi connectivity index (χ4v) is 1.82. The van der Waals surface area contributed by atoms with Crippen molar-refractivity contribution in [3.63, 3.8) is 0 Å². The molecule has 0 aromatic carbocycles. The molecule has 1 rings (SSSR count). The Labute approximate surface area is 102 Å². The first-order valence-electron chi connectivity index (χ1n) is 6.08. The minimum absolute atomic E-state index is 0.383. The Bertz CT molecular complexity index is 267. The van der Waals surface area contributed by atoms with Crippen molar-refractivity contribution in [3.8, 4) is 0 Å². The molecule has 0 saturated carbocycles. The lowest BCUT2D eigenvalue weighted by atomic mass is 9.98. The van der Waals surface area contributed by atoms with Gasteiger partial charge in [-0.05, 0) is 52.6 Å². The van der Waals surface area contributed by atoms with Crippen LogP contribution in [0.4, 0.5) is 4.79 Å². The highest BCUT2D eigenvalue weighted by Gasteiger charge is 2.24. The zero-order chi connectivity index (χ0) is 12.9. The van der Waals surface area contributed by atoms with E-state index in [0.29, 0.717) is 18.9 Å². The third-order valence-corrected chi connectivity index (χ3v) is 2.67. The maximum atomic E-state index is 11.7. The van der Waals surface area contributed by atoms with E-state index in [1.807, 2.05) is 0 Å². The van der Waals surface area contributed by atoms with Crippen molar-refractivity contribution in [1.29, 1.82) is 0 Å². The lowest BCUT2D eigenvalue weighted by molar-refractivity contribution is -0.118. The van der Waals surface area contributed by atoms with Gasteiger partial charge in [0.05, 0.1) is 0 Å². The number of piperidine rings is 1. The first kappa shape index (κ1) is 14.0. The van der Waals surface area contributed by atoms with Crippen LogP contribution < -0.4 is 5.32 Å². The Hall–Kier alpha value is -1.10. The van der Waals surface area contributed by atoms with E-state index < -0.39 is 11.7 Å². The van der Waals surface area contributed by atoms with Crippen LogP contribution in [0, 0.1) is 5.92 Å². The van der Waals surface area contributed by atoms with Crippen LogP contribution in [0.5, 0.6) is 0 Å². The average molecular weight is 242 g/mol. The maximum Gasteiger partial charge on any atom is 0.416 e. The summed E-state index contributed by atoms with van der Waals surface area (Å²) in [4.78, 5) is 23.8. The average Bonchev–Trinajstić information content (AvgIpc) is 2.24. The maximum absolute atomic E-state index is 11.7. The molecule has 1 aliphatic rings. The van der Waals surface area contributed by atoms with E-state index >= 15 is 0 Å². The second kappa shape index (κ2) is 6.00. The van der Waals surface area contributed by atoms with Crippen molar-refractivity contribution in [3.05, 3.63) is 0 Å². The number of nitrogens with zero attached hydrogens (tertiary/aromatic N) is 1. The second-order valence-corrected chi connectivity index (χ2v) is 5.43. The van der Waals surface area contributed by atoms with Crippen LogP contribution in [0.3, 0.4) is 0 Å². The largest absolute Gasteiger partial charge is 0.443 e. The Balaban J connectivity index is 2.46. The van der Waals surface area contributed by atoms with Gasteiger partial charge in [-0.2, -0.15) is 0 Å². The van der Waals surface area contributed by atoms with Crippen LogP contribution in [-0.4, -0.2) is 42.6 Å². The fourth-order valence-electron chi connectivity index (χ4n) is 1.82. The van der Waals surface area contributed by atoms with Crippen molar-refractivity contribution in [2.75, 3.05) is 19.6 Å². The SMILES string of the molecule is CC(C)(C)OC(=O)N(C=O)CC1CCNCC1. The molecule has 0 unspecified atom stereocenters. The van der Waals surface area contributed by atoms with Crippen LogP contribution in [0.1, 0.15) is 33.6 Å². The fraction of sp³-hybridized carbons (Fsp3) is 0.833. The summed E-state index contributed by atoms with van der Waals surface area (Å²) in [6.45, 7) is 7.73. The number of hydrogen-bond acceptors (Lipinski definition) is 4. The second-order valence-electron chi connectivity index (χ2n) is 5.43. The van der Waals surface area contributed by atoms with E-state index in [-0.39, 0.29) is 0 Å². The van der Waals surface area contributed by atoms with Gasteiger partial charge in [0.15, 0.2) is 0 Å². The Morgan fingerprint density at radius 1 is 1.41 bits per heavy atom. The molecule has 0 aromatic heterocycles. The molecule has 5 nitrogen and oxygen atoms in total. The van der Waals surface area contributed by atoms with Gasteiger partial charge in [-0.25, -0.2) is 9.69 Å². The molecule has 1 saturated heterocycles. The predicted octanol–water partition coefficient (Wildman–Crippen LogP) is 1.38. The summed E-state index contributed by atoms with van der Waals surface area (Å²) in [5.41, 5.74) is -0.563. The van der Waals surface area contributed by atoms with Gasteiger partial charge >= 0.3 is 6.09 Å². The van der Waals surface area contributed by atoms with Crippen LogP contribution in [0.25, 0.3) is 0 Å². The van der Waals surface area contributed by atoms with E-state index in [4.69, 9.17) is 4.74 Å². The first-order chi connectivity index (χ1) is 7.92. The summed E-state index contributed by atoms with van der Waals surface area (Å²) >= 11 is 0. The van der Waals surface area contributed by atoms with Crippen molar-refractivity contribution >= 4 is 12.5 Å². The van der Waals surface area contributed by atoms with Gasteiger partial charge in [0.25, 0.3) is 0 Å². The van der Waals surface area contributed by atoms with Crippen molar-refractivity contribution in [2.24, 2.45) is 5.92 Å². The zero-order valence-electron chi connectivity index (χ0n) is 10.9. The van der Waals surface area contributed by atoms with Crippen molar-refractivity contribution in [2.45, 2.75) is 39.2 Å². The molecule has 17 heavy (non-hydrogen) atoms. The molecule has 0 atom stereocenters. The summed E-state index contributed by atoms with van der Waals surface area (Å²) < 4.78 is 5.17. The molecular formula is C12H22N2O3. The molecule has 0 radical (unpaired) electrons. The summed E-state index contributed by atoms with van der Waals surface area (Å²) in [5.74, 6) is 0.383. The summed E-state index contributed by atoms with van der Waals surface area (Å²) in [7, 11) is 0. The molecule has 1 aliphatic heterocycles. The molecular weight excluding hydrogens is 220 g/mol. The van der Waals surface area contributed by atoms with Crippen LogP contribution in [0.2, 0.25) is 0 Å². The molecule has 1 N–H and O–H groups in total. The van der Waals surface area contributed by atoms with Crippen LogP contribution >= 0.6 is 0 Å². The molecule has 2 amide bonds. The van der Waals surface area contributed by atoms with E-state index in [9.17, 15) is 9.59 Å². The molecule has 1 fully saturated rings. The molecule has 0 bridgehead atoms. The van der Waals surface area contributed by atoms with Crippen molar-refractivity contribution < 1.29 is 14.3 Å². The quantitative estimate of drug-likeness (QED) is 0.760. The van der Waals surface area contributed by atoms with E-state index in [1.54, 1.807) is 20.8 Å². The highest BCUT2D eigenvalue weighted by atomic mass is 16.6. The summed E-state index contributed by atoms with van der Waals surface area (Å²) in [6, 6.07) is 0. The zero-order valence-corrected chi connectivity index (χ0v) is 10.9. The van der Waals surface area contributed by atoms with Gasteiger partial charge in [-0.1, -0.05) is 0 Å². The van der Waals surface area contributed by atoms with Gasteiger partial charge in [0, 0.05) is 6.54 Å². The van der Waals surface area contributed by atoms with Crippen molar-refractivity contribution in [1.82, 2.24) is 10.2 Å². The topological polar surface area (TPSA) is 58.6 Å². The molecule has 1 heterocycles. The van der Waals surface area contributed by atoms with Crippen LogP contribution in [0.15, 0.2) is 0 Å². The third-order valence-electron chi connectivity index (χ3n) is 2.67. The monoisotopic (exact) mass is 242 g/mol. The van der Waals surface area contributed by atoms with Gasteiger partial charge in [-0.3, -0.25) is 4.79 Å². The lowest BCUT2D eigenvalue weighted by Crippen LogP contribution is -2.41. The minimum Gasteiger partial charge on any atom is -0.443 e. The summed E-state index contributed by atoms with van der Waals surface area (Å²) in [5, 5.41) is 3.25. The number of hydrogen-bond donors (Lipinski definition) is 1. The van der Waals surface area contributed by atoms with E-state index in [2.05, 4.69) is 5.32 Å². The van der Waals surface area contributed by atoms with E-state index in [0.717, 1.165) is 30.8 Å². The number of rotatable bonds is 3. The lowest BCUT2D eigenvalue weighted by Gasteiger charge is -2.28. The van der Waals surface area contributed by atoms with Gasteiger partial charge < -0.3 is 10.1 Å². The molecule has 0 aliphatic carbocycles. The number of carbonyl (C=O) groups is 2. The predicted molar refractivity (Wildman–Crippen MR) is 64.6 cm³/mol. The summed E-state index contributed by atoms with van der Waals surface area (Å²) in [6.07, 6.45) is 2.00. The molecule has 98 valence electrons. The molecule has 0 spiro atoms. The number of amides is 2. The highest BCUT2D eigenvalue weighted by Crippen LogP contribution is 2.15. The van der Waals surface area contributed by atoms with Gasteiger partial charge in [0.1, 0.15) is 5.60 Å². The number of carbonyl (C=O) groups excluding carboxylic acids is 2. The van der Waals surface area contributed by atoms with E-state index in [1.165, 1.54) is 0 Å². The van der Waals surface area contributed by atoms with Gasteiger partial charge in [-0.15, -0.1) is 0 Å². The third kappa shape index (κ3) is 5.17. The smallest absolute Gasteiger partial charge is 0.416 e. The first-order valence-corrected chi connectivity index (χ1v) is 6.08. The highest BCUT2D eigenvalue weighted by molar-refractivity contribution is 5.80. The number of imide groups is 1. The Morgan fingerprint density at radius 3 is 2.47 bits per heavy atom. The molecule has 5 heteroatoms. The normalized spacial score (nSPS) is 17.6. The number of nitrogens with one attached hydrogen (secondary N) is 1. The minimum atomic E-state index is -0.563. The number of ether oxygens (including phenoxy) is 1. The standard InChI is InChI=1S/C12H22N2O3/c1-12(2,3)17-11(16)14(9-15)8-10-4-6-13-7-5-10/h9-10,13H,4-8H2,1-3H3. The molecule has 0 aromatic rings.